The Hall–Kier alpha value is -2.00. The van der Waals surface area contributed by atoms with Gasteiger partial charge in [0.25, 0.3) is 0 Å². The first-order valence-electron chi connectivity index (χ1n) is 7.37. The van der Waals surface area contributed by atoms with Gasteiger partial charge in [-0.25, -0.2) is 0 Å². The molecule has 0 amide bonds. The van der Waals surface area contributed by atoms with Crippen LogP contribution in [0.5, 0.6) is 17.2 Å². The zero-order valence-corrected chi connectivity index (χ0v) is 13.3. The molecule has 0 aliphatic carbocycles. The Morgan fingerprint density at radius 3 is 2.00 bits per heavy atom. The van der Waals surface area contributed by atoms with E-state index in [1.165, 1.54) is 5.56 Å². The van der Waals surface area contributed by atoms with Gasteiger partial charge >= 0.3 is 0 Å². The van der Waals surface area contributed by atoms with Crippen molar-refractivity contribution in [1.82, 2.24) is 0 Å². The molecular weight excluding hydrogens is 262 g/mol. The average molecular weight is 287 g/mol. The molecule has 3 heteroatoms. The van der Waals surface area contributed by atoms with Crippen molar-refractivity contribution in [3.63, 3.8) is 0 Å². The van der Waals surface area contributed by atoms with E-state index < -0.39 is 0 Å². The van der Waals surface area contributed by atoms with Gasteiger partial charge in [0, 0.05) is 0 Å². The summed E-state index contributed by atoms with van der Waals surface area (Å²) < 4.78 is 5.89. The molecule has 0 aromatic heterocycles. The molecule has 0 bridgehead atoms. The maximum absolute atomic E-state index is 9.26. The van der Waals surface area contributed by atoms with Gasteiger partial charge in [-0.15, -0.1) is 0 Å². The van der Waals surface area contributed by atoms with E-state index in [0.29, 0.717) is 6.54 Å². The number of aryl methyl sites for hydroxylation is 2. The van der Waals surface area contributed by atoms with E-state index in [2.05, 4.69) is 12.1 Å². The zero-order chi connectivity index (χ0) is 15.8. The average Bonchev–Trinajstić information content (AvgIpc) is 2.47. The molecule has 2 aromatic rings. The topological polar surface area (TPSA) is 55.5 Å². The van der Waals surface area contributed by atoms with Crippen LogP contribution in [0.2, 0.25) is 0 Å². The smallest absolute Gasteiger partial charge is 0.133 e. The van der Waals surface area contributed by atoms with Crippen molar-refractivity contribution in [3.8, 4) is 17.2 Å². The van der Waals surface area contributed by atoms with Crippen molar-refractivity contribution < 1.29 is 9.84 Å². The molecule has 114 valence electrons. The molecule has 0 spiro atoms. The van der Waals surface area contributed by atoms with Crippen LogP contribution in [0, 0.1) is 13.8 Å². The quantitative estimate of drug-likeness (QED) is 0.880. The molecule has 0 atom stereocenters. The lowest BCUT2D eigenvalue weighted by molar-refractivity contribution is 0.461. The maximum Gasteiger partial charge on any atom is 0.133 e. The fourth-order valence-electron chi connectivity index (χ4n) is 2.14. The predicted molar refractivity (Wildman–Crippen MR) is 88.2 cm³/mol. The monoisotopic (exact) mass is 287 g/mol. The maximum atomic E-state index is 9.26. The number of benzene rings is 2. The molecule has 3 N–H and O–H groups in total. The van der Waals surface area contributed by atoms with Gasteiger partial charge in [0.1, 0.15) is 17.2 Å². The van der Waals surface area contributed by atoms with Crippen molar-refractivity contribution in [2.24, 2.45) is 5.73 Å². The lowest BCUT2D eigenvalue weighted by atomic mass is 10.0. The van der Waals surface area contributed by atoms with Gasteiger partial charge in [0.2, 0.25) is 0 Å². The summed E-state index contributed by atoms with van der Waals surface area (Å²) in [4.78, 5) is 0. The second kappa shape index (κ2) is 8.32. The summed E-state index contributed by atoms with van der Waals surface area (Å²) in [7, 11) is 0. The second-order valence-corrected chi connectivity index (χ2v) is 4.69. The SMILES string of the molecule is CC.Cc1cc(CCN)cc(C)c1Oc1ccc(O)cc1. The van der Waals surface area contributed by atoms with Crippen LogP contribution >= 0.6 is 0 Å². The molecule has 2 rings (SSSR count). The summed E-state index contributed by atoms with van der Waals surface area (Å²) in [6.07, 6.45) is 0.876. The third-order valence-electron chi connectivity index (χ3n) is 3.01. The Bertz CT molecular complexity index is 539. The van der Waals surface area contributed by atoms with Crippen LogP contribution in [0.1, 0.15) is 30.5 Å². The van der Waals surface area contributed by atoms with Crippen molar-refractivity contribution in [1.29, 1.82) is 0 Å². The molecule has 2 aromatic carbocycles. The number of aromatic hydroxyl groups is 1. The van der Waals surface area contributed by atoms with E-state index >= 15 is 0 Å². The van der Waals surface area contributed by atoms with Crippen LogP contribution < -0.4 is 10.5 Å². The Morgan fingerprint density at radius 2 is 1.52 bits per heavy atom. The van der Waals surface area contributed by atoms with E-state index in [4.69, 9.17) is 10.5 Å². The number of ether oxygens (including phenoxy) is 1. The van der Waals surface area contributed by atoms with Gasteiger partial charge in [-0.05, 0) is 67.8 Å². The van der Waals surface area contributed by atoms with Crippen molar-refractivity contribution >= 4 is 0 Å². The fourth-order valence-corrected chi connectivity index (χ4v) is 2.14. The number of phenolic OH excluding ortho intramolecular Hbond substituents is 1. The number of rotatable bonds is 4. The summed E-state index contributed by atoms with van der Waals surface area (Å²) in [5, 5.41) is 9.26. The molecule has 0 saturated carbocycles. The number of hydrogen-bond acceptors (Lipinski definition) is 3. The van der Waals surface area contributed by atoms with Crippen LogP contribution in [0.4, 0.5) is 0 Å². The summed E-state index contributed by atoms with van der Waals surface area (Å²) in [6, 6.07) is 10.9. The molecule has 3 nitrogen and oxygen atoms in total. The molecule has 0 aliphatic heterocycles. The standard InChI is InChI=1S/C16H19NO2.C2H6/c1-11-9-13(7-8-17)10-12(2)16(11)19-15-5-3-14(18)4-6-15;1-2/h3-6,9-10,18H,7-8,17H2,1-2H3;1-2H3. The molecule has 0 saturated heterocycles. The Morgan fingerprint density at radius 1 is 1.00 bits per heavy atom. The summed E-state index contributed by atoms with van der Waals surface area (Å²) >= 11 is 0. The largest absolute Gasteiger partial charge is 0.508 e. The predicted octanol–water partition coefficient (Wildman–Crippen LogP) is 4.33. The van der Waals surface area contributed by atoms with Crippen molar-refractivity contribution in [3.05, 3.63) is 53.1 Å². The normalized spacial score (nSPS) is 9.76. The number of nitrogens with two attached hydrogens (primary N) is 1. The summed E-state index contributed by atoms with van der Waals surface area (Å²) in [5.74, 6) is 1.82. The molecule has 21 heavy (non-hydrogen) atoms. The van der Waals surface area contributed by atoms with Crippen LogP contribution in [-0.4, -0.2) is 11.7 Å². The number of hydrogen-bond donors (Lipinski definition) is 2. The van der Waals surface area contributed by atoms with Crippen molar-refractivity contribution in [2.75, 3.05) is 6.54 Å². The highest BCUT2D eigenvalue weighted by molar-refractivity contribution is 5.46. The molecule has 0 fully saturated rings. The minimum absolute atomic E-state index is 0.235. The lowest BCUT2D eigenvalue weighted by Crippen LogP contribution is -2.03. The molecule has 0 radical (unpaired) electrons. The first-order valence-corrected chi connectivity index (χ1v) is 7.37. The van der Waals surface area contributed by atoms with Crippen molar-refractivity contribution in [2.45, 2.75) is 34.1 Å². The highest BCUT2D eigenvalue weighted by Crippen LogP contribution is 2.30. The van der Waals surface area contributed by atoms with Gasteiger partial charge in [-0.2, -0.15) is 0 Å². The Balaban J connectivity index is 0.00000106. The first-order chi connectivity index (χ1) is 10.1. The third kappa shape index (κ3) is 4.80. The zero-order valence-electron chi connectivity index (χ0n) is 13.3. The lowest BCUT2D eigenvalue weighted by Gasteiger charge is -2.13. The molecule has 0 aliphatic rings. The minimum atomic E-state index is 0.235. The van der Waals surface area contributed by atoms with Crippen LogP contribution in [0.25, 0.3) is 0 Å². The van der Waals surface area contributed by atoms with Crippen LogP contribution in [-0.2, 0) is 6.42 Å². The third-order valence-corrected chi connectivity index (χ3v) is 3.01. The van der Waals surface area contributed by atoms with E-state index in [-0.39, 0.29) is 5.75 Å². The highest BCUT2D eigenvalue weighted by atomic mass is 16.5. The van der Waals surface area contributed by atoms with E-state index in [9.17, 15) is 5.11 Å². The van der Waals surface area contributed by atoms with E-state index in [0.717, 1.165) is 29.0 Å². The molecule has 0 heterocycles. The molecular formula is C18H25NO2. The van der Waals surface area contributed by atoms with Crippen LogP contribution in [0.3, 0.4) is 0 Å². The summed E-state index contributed by atoms with van der Waals surface area (Å²) in [5.41, 5.74) is 9.00. The van der Waals surface area contributed by atoms with Gasteiger partial charge in [-0.1, -0.05) is 26.0 Å². The van der Waals surface area contributed by atoms with E-state index in [1.807, 2.05) is 27.7 Å². The second-order valence-electron chi connectivity index (χ2n) is 4.69. The van der Waals surface area contributed by atoms with Gasteiger partial charge < -0.3 is 15.6 Å². The molecule has 0 unspecified atom stereocenters. The van der Waals surface area contributed by atoms with Gasteiger partial charge in [0.05, 0.1) is 0 Å². The summed E-state index contributed by atoms with van der Waals surface area (Å²) in [6.45, 7) is 8.71. The van der Waals surface area contributed by atoms with E-state index in [1.54, 1.807) is 24.3 Å². The van der Waals surface area contributed by atoms with Crippen LogP contribution in [0.15, 0.2) is 36.4 Å². The fraction of sp³-hybridized carbons (Fsp3) is 0.333. The Labute approximate surface area is 127 Å². The highest BCUT2D eigenvalue weighted by Gasteiger charge is 2.07. The first kappa shape index (κ1) is 17.1. The Kier molecular flexibility index (Phi) is 6.76. The number of phenols is 1. The minimum Gasteiger partial charge on any atom is -0.508 e. The van der Waals surface area contributed by atoms with Gasteiger partial charge in [-0.3, -0.25) is 0 Å². The van der Waals surface area contributed by atoms with Gasteiger partial charge in [0.15, 0.2) is 0 Å².